The van der Waals surface area contributed by atoms with E-state index in [0.717, 1.165) is 23.5 Å². The third-order valence-corrected chi connectivity index (χ3v) is 3.85. The highest BCUT2D eigenvalue weighted by atomic mass is 32.2. The van der Waals surface area contributed by atoms with Crippen LogP contribution in [0.25, 0.3) is 0 Å². The average molecular weight is 209 g/mol. The molecule has 74 valence electrons. The first kappa shape index (κ1) is 9.56. The van der Waals surface area contributed by atoms with Crippen molar-refractivity contribution in [3.8, 4) is 0 Å². The molecular formula is C10H11NO2S. The second kappa shape index (κ2) is 3.64. The Labute approximate surface area is 86.8 Å². The van der Waals surface area contributed by atoms with E-state index in [0.29, 0.717) is 5.70 Å². The molecule has 1 unspecified atom stereocenters. The van der Waals surface area contributed by atoms with Gasteiger partial charge in [0.25, 0.3) is 0 Å². The normalized spacial score (nSPS) is 26.8. The molecule has 4 heteroatoms. The van der Waals surface area contributed by atoms with Crippen molar-refractivity contribution in [1.29, 1.82) is 0 Å². The molecule has 0 radical (unpaired) electrons. The summed E-state index contributed by atoms with van der Waals surface area (Å²) < 4.78 is 0. The van der Waals surface area contributed by atoms with E-state index in [1.165, 1.54) is 4.90 Å². The van der Waals surface area contributed by atoms with Gasteiger partial charge in [-0.2, -0.15) is 0 Å². The Hall–Kier alpha value is -0.990. The van der Waals surface area contributed by atoms with Gasteiger partial charge in [0.2, 0.25) is 5.91 Å². The molecule has 2 heterocycles. The molecule has 1 atom stereocenters. The van der Waals surface area contributed by atoms with E-state index >= 15 is 0 Å². The summed E-state index contributed by atoms with van der Waals surface area (Å²) in [6.45, 7) is 0. The predicted molar refractivity (Wildman–Crippen MR) is 55.2 cm³/mol. The van der Waals surface area contributed by atoms with E-state index in [1.807, 2.05) is 0 Å². The van der Waals surface area contributed by atoms with Crippen molar-refractivity contribution in [1.82, 2.24) is 4.90 Å². The van der Waals surface area contributed by atoms with Crippen LogP contribution in [0, 0.1) is 5.92 Å². The fourth-order valence-corrected chi connectivity index (χ4v) is 2.95. The van der Waals surface area contributed by atoms with Gasteiger partial charge in [-0.1, -0.05) is 0 Å². The second-order valence-electron chi connectivity index (χ2n) is 3.47. The molecule has 0 bridgehead atoms. The van der Waals surface area contributed by atoms with Gasteiger partial charge in [0.1, 0.15) is 5.70 Å². The van der Waals surface area contributed by atoms with Gasteiger partial charge >= 0.3 is 0 Å². The van der Waals surface area contributed by atoms with Crippen LogP contribution in [-0.2, 0) is 9.59 Å². The number of carbonyl (C=O) groups excluding carboxylic acids is 2. The maximum absolute atomic E-state index is 11.8. The average Bonchev–Trinajstić information content (AvgIpc) is 2.23. The van der Waals surface area contributed by atoms with Crippen LogP contribution in [0.15, 0.2) is 16.7 Å². The minimum absolute atomic E-state index is 0.00384. The van der Waals surface area contributed by atoms with Crippen molar-refractivity contribution in [2.45, 2.75) is 12.8 Å². The summed E-state index contributed by atoms with van der Waals surface area (Å²) in [4.78, 5) is 24.8. The molecule has 2 aliphatic heterocycles. The van der Waals surface area contributed by atoms with Crippen LogP contribution in [0.1, 0.15) is 12.8 Å². The summed E-state index contributed by atoms with van der Waals surface area (Å²) in [5.74, 6) is 2.88. The highest BCUT2D eigenvalue weighted by molar-refractivity contribution is 8.03. The first-order valence-corrected chi connectivity index (χ1v) is 5.59. The number of carbonyl (C=O) groups is 1. The van der Waals surface area contributed by atoms with Crippen LogP contribution in [0.5, 0.6) is 0 Å². The molecule has 0 aromatic heterocycles. The first-order valence-electron chi connectivity index (χ1n) is 4.61. The monoisotopic (exact) mass is 209 g/mol. The van der Waals surface area contributed by atoms with Crippen molar-refractivity contribution in [2.24, 2.45) is 5.92 Å². The van der Waals surface area contributed by atoms with Crippen LogP contribution in [0.2, 0.25) is 0 Å². The van der Waals surface area contributed by atoms with Crippen LogP contribution in [-0.4, -0.2) is 29.5 Å². The smallest absolute Gasteiger partial charge is 0.235 e. The first-order chi connectivity index (χ1) is 6.74. The molecular weight excluding hydrogens is 198 g/mol. The third kappa shape index (κ3) is 1.41. The summed E-state index contributed by atoms with van der Waals surface area (Å²) in [5.41, 5.74) is 0.357. The molecule has 2 aliphatic rings. The molecule has 0 N–H and O–H groups in total. The van der Waals surface area contributed by atoms with Crippen LogP contribution < -0.4 is 0 Å². The van der Waals surface area contributed by atoms with E-state index in [-0.39, 0.29) is 11.8 Å². The lowest BCUT2D eigenvalue weighted by Crippen LogP contribution is -2.37. The van der Waals surface area contributed by atoms with Gasteiger partial charge < -0.3 is 4.90 Å². The van der Waals surface area contributed by atoms with E-state index in [9.17, 15) is 9.59 Å². The number of thioether (sulfide) groups is 1. The van der Waals surface area contributed by atoms with Gasteiger partial charge in [0, 0.05) is 12.0 Å². The molecule has 0 aromatic rings. The largest absolute Gasteiger partial charge is 0.306 e. The molecule has 0 saturated carbocycles. The molecule has 1 saturated heterocycles. The lowest BCUT2D eigenvalue weighted by atomic mass is 9.97. The fourth-order valence-electron chi connectivity index (χ4n) is 1.79. The Morgan fingerprint density at radius 1 is 1.64 bits per heavy atom. The Kier molecular flexibility index (Phi) is 2.48. The van der Waals surface area contributed by atoms with Gasteiger partial charge in [0.15, 0.2) is 5.94 Å². The minimum Gasteiger partial charge on any atom is -0.306 e. The Balaban J connectivity index is 2.40. The van der Waals surface area contributed by atoms with Crippen molar-refractivity contribution in [3.63, 3.8) is 0 Å². The van der Waals surface area contributed by atoms with Gasteiger partial charge in [-0.3, -0.25) is 4.79 Å². The second-order valence-corrected chi connectivity index (χ2v) is 4.64. The topological polar surface area (TPSA) is 37.4 Å². The maximum Gasteiger partial charge on any atom is 0.235 e. The summed E-state index contributed by atoms with van der Waals surface area (Å²) in [7, 11) is 1.63. The summed E-state index contributed by atoms with van der Waals surface area (Å²) in [5, 5.41) is 0. The number of allylic oxidation sites excluding steroid dienone is 1. The highest BCUT2D eigenvalue weighted by Gasteiger charge is 2.34. The molecule has 0 aliphatic carbocycles. The summed E-state index contributed by atoms with van der Waals surface area (Å²) in [6, 6.07) is 0. The van der Waals surface area contributed by atoms with Crippen molar-refractivity contribution in [3.05, 3.63) is 16.7 Å². The van der Waals surface area contributed by atoms with Crippen molar-refractivity contribution >= 4 is 23.6 Å². The number of hydrogen-bond acceptors (Lipinski definition) is 3. The molecule has 2 rings (SSSR count). The molecule has 3 nitrogen and oxygen atoms in total. The summed E-state index contributed by atoms with van der Waals surface area (Å²) >= 11 is 1.69. The minimum atomic E-state index is -0.00384. The number of rotatable bonds is 0. The van der Waals surface area contributed by atoms with Crippen LogP contribution in [0.3, 0.4) is 0 Å². The zero-order valence-electron chi connectivity index (χ0n) is 7.95. The maximum atomic E-state index is 11.8. The van der Waals surface area contributed by atoms with Gasteiger partial charge in [-0.15, -0.1) is 11.8 Å². The zero-order valence-corrected chi connectivity index (χ0v) is 8.76. The number of nitrogens with zero attached hydrogens (tertiary/aromatic N) is 1. The Morgan fingerprint density at radius 3 is 3.14 bits per heavy atom. The van der Waals surface area contributed by atoms with E-state index < -0.39 is 0 Å². The lowest BCUT2D eigenvalue weighted by Gasteiger charge is -2.32. The molecule has 1 fully saturated rings. The van der Waals surface area contributed by atoms with E-state index in [2.05, 4.69) is 0 Å². The highest BCUT2D eigenvalue weighted by Crippen LogP contribution is 2.39. The summed E-state index contributed by atoms with van der Waals surface area (Å²) in [6.07, 6.45) is 3.78. The molecule has 1 amide bonds. The number of amides is 1. The number of fused-ring (bicyclic) bond motifs is 1. The SMILES string of the molecule is CN1C(=O)C2CCCSC2=CC1=C=O. The van der Waals surface area contributed by atoms with Crippen LogP contribution >= 0.6 is 11.8 Å². The van der Waals surface area contributed by atoms with E-state index in [1.54, 1.807) is 30.8 Å². The number of hydrogen-bond donors (Lipinski definition) is 0. The predicted octanol–water partition coefficient (Wildman–Crippen LogP) is 1.20. The van der Waals surface area contributed by atoms with Gasteiger partial charge in [-0.25, -0.2) is 4.79 Å². The van der Waals surface area contributed by atoms with Crippen molar-refractivity contribution < 1.29 is 9.59 Å². The zero-order chi connectivity index (χ0) is 10.1. The van der Waals surface area contributed by atoms with Crippen LogP contribution in [0.4, 0.5) is 0 Å². The van der Waals surface area contributed by atoms with Gasteiger partial charge in [-0.05, 0) is 24.7 Å². The molecule has 14 heavy (non-hydrogen) atoms. The lowest BCUT2D eigenvalue weighted by molar-refractivity contribution is -0.131. The fraction of sp³-hybridized carbons (Fsp3) is 0.500. The standard InChI is InChI=1S/C10H11NO2S/c1-11-7(6-12)5-9-8(10(11)13)3-2-4-14-9/h5,8H,2-4H2,1H3. The number of likely N-dealkylation sites (N-methyl/N-ethyl adjacent to an activating group) is 1. The van der Waals surface area contributed by atoms with E-state index in [4.69, 9.17) is 0 Å². The quantitative estimate of drug-likeness (QED) is 0.563. The molecule has 0 spiro atoms. The van der Waals surface area contributed by atoms with Crippen molar-refractivity contribution in [2.75, 3.05) is 12.8 Å². The third-order valence-electron chi connectivity index (χ3n) is 2.62. The Bertz CT molecular complexity index is 355. The van der Waals surface area contributed by atoms with Gasteiger partial charge in [0.05, 0.1) is 5.92 Å². The Morgan fingerprint density at radius 2 is 2.43 bits per heavy atom. The molecule has 0 aromatic carbocycles.